The lowest BCUT2D eigenvalue weighted by molar-refractivity contribution is -0.112. The summed E-state index contributed by atoms with van der Waals surface area (Å²) >= 11 is 18.1. The fraction of sp³-hybridized carbons (Fsp3) is 0. The van der Waals surface area contributed by atoms with E-state index in [1.807, 2.05) is 6.07 Å². The van der Waals surface area contributed by atoms with E-state index >= 15 is 0 Å². The monoisotopic (exact) mass is 488 g/mol. The maximum absolute atomic E-state index is 12.2. The number of phenols is 1. The number of hydrogen-bond acceptors (Lipinski definition) is 3. The van der Waals surface area contributed by atoms with Gasteiger partial charge in [0.1, 0.15) is 17.4 Å². The standard InChI is InChI=1S/C16H8Br2Cl2N2O2/c17-11-4-8(5-12(18)15(11)23)3-9(7-21)16(24)22-10-1-2-13(19)14(20)6-10/h1-6,23H,(H,22,24)/b9-3-. The molecule has 0 bridgehead atoms. The quantitative estimate of drug-likeness (QED) is 0.424. The predicted molar refractivity (Wildman–Crippen MR) is 102 cm³/mol. The summed E-state index contributed by atoms with van der Waals surface area (Å²) in [5, 5.41) is 22.2. The first-order valence-corrected chi connectivity index (χ1v) is 8.72. The van der Waals surface area contributed by atoms with E-state index in [0.29, 0.717) is 30.2 Å². The number of hydrogen-bond donors (Lipinski definition) is 2. The van der Waals surface area contributed by atoms with Crippen molar-refractivity contribution in [2.24, 2.45) is 0 Å². The van der Waals surface area contributed by atoms with Crippen LogP contribution in [0, 0.1) is 11.3 Å². The van der Waals surface area contributed by atoms with Crippen LogP contribution in [0.3, 0.4) is 0 Å². The normalized spacial score (nSPS) is 11.0. The molecule has 2 aromatic carbocycles. The Bertz CT molecular complexity index is 869. The third-order valence-corrected chi connectivity index (χ3v) is 4.84. The van der Waals surface area contributed by atoms with Gasteiger partial charge in [-0.15, -0.1) is 0 Å². The summed E-state index contributed by atoms with van der Waals surface area (Å²) in [7, 11) is 0. The number of anilines is 1. The molecule has 0 saturated carbocycles. The molecule has 0 aliphatic rings. The molecule has 0 saturated heterocycles. The number of benzene rings is 2. The fourth-order valence-electron chi connectivity index (χ4n) is 1.76. The molecule has 0 spiro atoms. The molecule has 8 heteroatoms. The van der Waals surface area contributed by atoms with Crippen molar-refractivity contribution >= 4 is 72.7 Å². The van der Waals surface area contributed by atoms with Gasteiger partial charge in [-0.2, -0.15) is 5.26 Å². The van der Waals surface area contributed by atoms with Crippen molar-refractivity contribution in [2.45, 2.75) is 0 Å². The van der Waals surface area contributed by atoms with Crippen molar-refractivity contribution in [3.8, 4) is 11.8 Å². The van der Waals surface area contributed by atoms with E-state index in [9.17, 15) is 15.2 Å². The Labute approximate surface area is 164 Å². The van der Waals surface area contributed by atoms with Crippen LogP contribution in [0.4, 0.5) is 5.69 Å². The predicted octanol–water partition coefficient (Wildman–Crippen LogP) is 5.77. The van der Waals surface area contributed by atoms with Crippen molar-refractivity contribution < 1.29 is 9.90 Å². The van der Waals surface area contributed by atoms with Crippen LogP contribution in [-0.4, -0.2) is 11.0 Å². The largest absolute Gasteiger partial charge is 0.506 e. The lowest BCUT2D eigenvalue weighted by Crippen LogP contribution is -2.13. The summed E-state index contributed by atoms with van der Waals surface area (Å²) in [5.41, 5.74) is 0.876. The maximum Gasteiger partial charge on any atom is 0.266 e. The van der Waals surface area contributed by atoms with Gasteiger partial charge < -0.3 is 10.4 Å². The highest BCUT2D eigenvalue weighted by Crippen LogP contribution is 2.34. The van der Waals surface area contributed by atoms with E-state index in [2.05, 4.69) is 37.2 Å². The van der Waals surface area contributed by atoms with Crippen molar-refractivity contribution in [1.82, 2.24) is 0 Å². The number of carbonyl (C=O) groups excluding carboxylic acids is 1. The minimum atomic E-state index is -0.587. The molecule has 0 heterocycles. The number of nitrogens with zero attached hydrogens (tertiary/aromatic N) is 1. The molecule has 0 atom stereocenters. The van der Waals surface area contributed by atoms with Gasteiger partial charge in [0.05, 0.1) is 19.0 Å². The third-order valence-electron chi connectivity index (χ3n) is 2.89. The molecule has 0 aliphatic heterocycles. The molecular weight excluding hydrogens is 483 g/mol. The molecule has 2 N–H and O–H groups in total. The van der Waals surface area contributed by atoms with Crippen LogP contribution in [0.1, 0.15) is 5.56 Å². The molecule has 0 aromatic heterocycles. The highest BCUT2D eigenvalue weighted by molar-refractivity contribution is 9.11. The lowest BCUT2D eigenvalue weighted by atomic mass is 10.1. The molecule has 2 rings (SSSR count). The smallest absolute Gasteiger partial charge is 0.266 e. The second-order valence-corrected chi connectivity index (χ2v) is 7.11. The van der Waals surface area contributed by atoms with Crippen molar-refractivity contribution in [3.05, 3.63) is 60.5 Å². The highest BCUT2D eigenvalue weighted by Gasteiger charge is 2.12. The zero-order chi connectivity index (χ0) is 17.9. The van der Waals surface area contributed by atoms with Crippen LogP contribution in [0.5, 0.6) is 5.75 Å². The number of nitrogens with one attached hydrogen (secondary N) is 1. The van der Waals surface area contributed by atoms with Crippen LogP contribution >= 0.6 is 55.1 Å². The number of nitriles is 1. The molecule has 0 radical (unpaired) electrons. The average molecular weight is 491 g/mol. The Morgan fingerprint density at radius 1 is 1.17 bits per heavy atom. The minimum absolute atomic E-state index is 0.0333. The van der Waals surface area contributed by atoms with Gasteiger partial charge >= 0.3 is 0 Å². The summed E-state index contributed by atoms with van der Waals surface area (Å²) in [5.74, 6) is -0.554. The van der Waals surface area contributed by atoms with Crippen molar-refractivity contribution in [1.29, 1.82) is 5.26 Å². The number of halogens is 4. The molecule has 0 fully saturated rings. The molecule has 122 valence electrons. The second kappa shape index (κ2) is 8.04. The summed E-state index contributed by atoms with van der Waals surface area (Å²) in [4.78, 5) is 12.2. The molecule has 1 amide bonds. The Balaban J connectivity index is 2.29. The van der Waals surface area contributed by atoms with Crippen LogP contribution in [0.15, 0.2) is 44.9 Å². The van der Waals surface area contributed by atoms with Gasteiger partial charge in [-0.3, -0.25) is 4.79 Å². The number of aromatic hydroxyl groups is 1. The lowest BCUT2D eigenvalue weighted by Gasteiger charge is -2.06. The summed E-state index contributed by atoms with van der Waals surface area (Å²) in [6.07, 6.45) is 1.40. The summed E-state index contributed by atoms with van der Waals surface area (Å²) in [6.45, 7) is 0. The first-order valence-electron chi connectivity index (χ1n) is 6.38. The maximum atomic E-state index is 12.2. The Kier molecular flexibility index (Phi) is 6.30. The number of carbonyl (C=O) groups is 1. The van der Waals surface area contributed by atoms with Crippen LogP contribution in [0.25, 0.3) is 6.08 Å². The van der Waals surface area contributed by atoms with Gasteiger partial charge in [-0.1, -0.05) is 23.2 Å². The third kappa shape index (κ3) is 4.52. The second-order valence-electron chi connectivity index (χ2n) is 4.59. The van der Waals surface area contributed by atoms with E-state index < -0.39 is 5.91 Å². The van der Waals surface area contributed by atoms with Gasteiger partial charge in [0.25, 0.3) is 5.91 Å². The first kappa shape index (κ1) is 18.8. The highest BCUT2D eigenvalue weighted by atomic mass is 79.9. The van der Waals surface area contributed by atoms with Gasteiger partial charge in [-0.05, 0) is 73.8 Å². The Hall–Kier alpha value is -1.52. The number of rotatable bonds is 3. The molecule has 4 nitrogen and oxygen atoms in total. The average Bonchev–Trinajstić information content (AvgIpc) is 2.53. The first-order chi connectivity index (χ1) is 11.3. The summed E-state index contributed by atoms with van der Waals surface area (Å²) in [6, 6.07) is 9.64. The fourth-order valence-corrected chi connectivity index (χ4v) is 3.28. The van der Waals surface area contributed by atoms with Crippen LogP contribution in [0.2, 0.25) is 10.0 Å². The topological polar surface area (TPSA) is 73.1 Å². The van der Waals surface area contributed by atoms with E-state index in [4.69, 9.17) is 23.2 Å². The Morgan fingerprint density at radius 3 is 2.33 bits per heavy atom. The van der Waals surface area contributed by atoms with Crippen molar-refractivity contribution in [2.75, 3.05) is 5.32 Å². The zero-order valence-electron chi connectivity index (χ0n) is 11.8. The molecule has 0 unspecified atom stereocenters. The summed E-state index contributed by atoms with van der Waals surface area (Å²) < 4.78 is 0.871. The SMILES string of the molecule is N#C/C(=C/c1cc(Br)c(O)c(Br)c1)C(=O)Nc1ccc(Cl)c(Cl)c1. The molecule has 2 aromatic rings. The van der Waals surface area contributed by atoms with Gasteiger partial charge in [0.15, 0.2) is 0 Å². The van der Waals surface area contributed by atoms with E-state index in [1.54, 1.807) is 24.3 Å². The molecule has 24 heavy (non-hydrogen) atoms. The van der Waals surface area contributed by atoms with Crippen molar-refractivity contribution in [3.63, 3.8) is 0 Å². The number of phenolic OH excluding ortho intramolecular Hbond substituents is 1. The Morgan fingerprint density at radius 2 is 1.79 bits per heavy atom. The molecular formula is C16H8Br2Cl2N2O2. The van der Waals surface area contributed by atoms with Crippen LogP contribution in [-0.2, 0) is 4.79 Å². The minimum Gasteiger partial charge on any atom is -0.506 e. The van der Waals surface area contributed by atoms with E-state index in [0.717, 1.165) is 0 Å². The van der Waals surface area contributed by atoms with Gasteiger partial charge in [0.2, 0.25) is 0 Å². The number of amides is 1. The zero-order valence-corrected chi connectivity index (χ0v) is 16.5. The molecule has 0 aliphatic carbocycles. The van der Waals surface area contributed by atoms with Gasteiger partial charge in [-0.25, -0.2) is 0 Å². The van der Waals surface area contributed by atoms with E-state index in [-0.39, 0.29) is 11.3 Å². The van der Waals surface area contributed by atoms with Gasteiger partial charge in [0, 0.05) is 5.69 Å². The van der Waals surface area contributed by atoms with E-state index in [1.165, 1.54) is 12.1 Å². The van der Waals surface area contributed by atoms with Crippen LogP contribution < -0.4 is 5.32 Å².